The number of esters is 1. The fourth-order valence-electron chi connectivity index (χ4n) is 4.25. The van der Waals surface area contributed by atoms with E-state index in [1.807, 2.05) is 26.8 Å². The predicted molar refractivity (Wildman–Crippen MR) is 120 cm³/mol. The molecule has 4 rings (SSSR count). The fourth-order valence-corrected chi connectivity index (χ4v) is 4.25. The Morgan fingerprint density at radius 3 is 2.50 bits per heavy atom. The van der Waals surface area contributed by atoms with Crippen molar-refractivity contribution in [1.29, 1.82) is 0 Å². The van der Waals surface area contributed by atoms with Crippen LogP contribution in [-0.2, 0) is 4.74 Å². The standard InChI is InChI=1S/C22H29NO4.C3H6/c1-5-27-21(24)20-18(26-4)7-6-16(19(20)15(2)3)8-11-22(25)14-23-12-9-17(22)10-13-23;1-3-2/h6-7,15,17,25H,5,9-10,12-14H2,1-4H3;3H,1H2,2H3. The molecule has 3 heterocycles. The van der Waals surface area contributed by atoms with Crippen molar-refractivity contribution >= 4 is 5.97 Å². The van der Waals surface area contributed by atoms with Crippen LogP contribution in [0.25, 0.3) is 0 Å². The van der Waals surface area contributed by atoms with Crippen LogP contribution in [-0.4, -0.2) is 54.9 Å². The molecule has 2 bridgehead atoms. The molecule has 0 aliphatic carbocycles. The normalized spacial score (nSPS) is 24.2. The van der Waals surface area contributed by atoms with Gasteiger partial charge in [-0.05, 0) is 63.4 Å². The van der Waals surface area contributed by atoms with E-state index in [9.17, 15) is 9.90 Å². The molecule has 1 unspecified atom stereocenters. The van der Waals surface area contributed by atoms with E-state index in [1.165, 1.54) is 0 Å². The van der Waals surface area contributed by atoms with Gasteiger partial charge in [0.05, 0.1) is 13.7 Å². The van der Waals surface area contributed by atoms with E-state index in [-0.39, 0.29) is 11.8 Å². The zero-order valence-corrected chi connectivity index (χ0v) is 19.0. The highest BCUT2D eigenvalue weighted by Crippen LogP contribution is 2.36. The van der Waals surface area contributed by atoms with Crippen LogP contribution in [0.15, 0.2) is 24.8 Å². The molecule has 0 amide bonds. The van der Waals surface area contributed by atoms with Gasteiger partial charge < -0.3 is 14.6 Å². The van der Waals surface area contributed by atoms with Gasteiger partial charge in [0.25, 0.3) is 0 Å². The van der Waals surface area contributed by atoms with Crippen LogP contribution >= 0.6 is 0 Å². The molecule has 1 atom stereocenters. The van der Waals surface area contributed by atoms with E-state index in [0.29, 0.717) is 24.5 Å². The van der Waals surface area contributed by atoms with Crippen LogP contribution in [0.1, 0.15) is 67.9 Å². The maximum Gasteiger partial charge on any atom is 0.342 e. The summed E-state index contributed by atoms with van der Waals surface area (Å²) < 4.78 is 10.7. The van der Waals surface area contributed by atoms with E-state index in [2.05, 4.69) is 23.3 Å². The number of methoxy groups -OCH3 is 1. The summed E-state index contributed by atoms with van der Waals surface area (Å²) in [6.45, 7) is 14.1. The first kappa shape index (κ1) is 24.0. The Labute approximate surface area is 181 Å². The third kappa shape index (κ3) is 5.24. The second kappa shape index (κ2) is 10.7. The molecule has 1 aromatic rings. The maximum atomic E-state index is 12.6. The summed E-state index contributed by atoms with van der Waals surface area (Å²) in [5.74, 6) is 6.71. The fraction of sp³-hybridized carbons (Fsp3) is 0.560. The molecule has 3 aliphatic rings. The summed E-state index contributed by atoms with van der Waals surface area (Å²) in [6.07, 6.45) is 3.72. The molecule has 0 saturated carbocycles. The highest BCUT2D eigenvalue weighted by atomic mass is 16.5. The zero-order chi connectivity index (χ0) is 22.3. The molecule has 1 N–H and O–H groups in total. The quantitative estimate of drug-likeness (QED) is 0.459. The summed E-state index contributed by atoms with van der Waals surface area (Å²) in [5, 5.41) is 11.1. The van der Waals surface area contributed by atoms with Crippen molar-refractivity contribution in [2.75, 3.05) is 33.4 Å². The lowest BCUT2D eigenvalue weighted by atomic mass is 9.75. The molecule has 3 fully saturated rings. The first-order valence-electron chi connectivity index (χ1n) is 10.7. The van der Waals surface area contributed by atoms with Crippen molar-refractivity contribution in [3.8, 4) is 17.6 Å². The first-order valence-corrected chi connectivity index (χ1v) is 10.7. The van der Waals surface area contributed by atoms with Crippen molar-refractivity contribution in [3.05, 3.63) is 41.5 Å². The Bertz CT molecular complexity index is 812. The van der Waals surface area contributed by atoms with E-state index in [0.717, 1.165) is 37.1 Å². The monoisotopic (exact) mass is 413 g/mol. The smallest absolute Gasteiger partial charge is 0.342 e. The minimum Gasteiger partial charge on any atom is -0.496 e. The predicted octanol–water partition coefficient (Wildman–Crippen LogP) is 4.00. The molecule has 30 heavy (non-hydrogen) atoms. The van der Waals surface area contributed by atoms with Crippen molar-refractivity contribution in [2.24, 2.45) is 5.92 Å². The number of carbonyl (C=O) groups is 1. The van der Waals surface area contributed by atoms with Gasteiger partial charge in [-0.25, -0.2) is 4.79 Å². The number of aliphatic hydroxyl groups is 1. The minimum atomic E-state index is -0.977. The lowest BCUT2D eigenvalue weighted by molar-refractivity contribution is -0.0713. The second-order valence-corrected chi connectivity index (χ2v) is 8.11. The number of allylic oxidation sites excluding steroid dienone is 1. The van der Waals surface area contributed by atoms with Gasteiger partial charge in [-0.3, -0.25) is 4.90 Å². The van der Waals surface area contributed by atoms with Crippen LogP contribution in [0.3, 0.4) is 0 Å². The molecule has 5 nitrogen and oxygen atoms in total. The minimum absolute atomic E-state index is 0.0602. The number of ether oxygens (including phenoxy) is 2. The summed E-state index contributed by atoms with van der Waals surface area (Å²) in [5.41, 5.74) is 1.01. The molecule has 164 valence electrons. The Morgan fingerprint density at radius 2 is 2.03 bits per heavy atom. The summed E-state index contributed by atoms with van der Waals surface area (Å²) >= 11 is 0. The summed E-state index contributed by atoms with van der Waals surface area (Å²) in [6, 6.07) is 3.62. The van der Waals surface area contributed by atoms with Crippen molar-refractivity contribution in [1.82, 2.24) is 4.90 Å². The largest absolute Gasteiger partial charge is 0.496 e. The number of hydrogen-bond donors (Lipinski definition) is 1. The van der Waals surface area contributed by atoms with Gasteiger partial charge in [0.2, 0.25) is 0 Å². The van der Waals surface area contributed by atoms with E-state index in [4.69, 9.17) is 9.47 Å². The van der Waals surface area contributed by atoms with Crippen LogP contribution < -0.4 is 4.74 Å². The number of nitrogens with zero attached hydrogens (tertiary/aromatic N) is 1. The van der Waals surface area contributed by atoms with Gasteiger partial charge in [0, 0.05) is 18.0 Å². The zero-order valence-electron chi connectivity index (χ0n) is 19.0. The third-order valence-electron chi connectivity index (χ3n) is 5.63. The molecule has 0 aromatic heterocycles. The Morgan fingerprint density at radius 1 is 1.40 bits per heavy atom. The SMILES string of the molecule is C=CC.CCOC(=O)c1c(OC)ccc(C#CC2(O)CN3CCC2CC3)c1C(C)C. The van der Waals surface area contributed by atoms with Crippen LogP contribution in [0.2, 0.25) is 0 Å². The molecule has 3 aliphatic heterocycles. The van der Waals surface area contributed by atoms with Crippen molar-refractivity contribution in [2.45, 2.75) is 52.1 Å². The molecular weight excluding hydrogens is 378 g/mol. The van der Waals surface area contributed by atoms with Crippen molar-refractivity contribution < 1.29 is 19.4 Å². The maximum absolute atomic E-state index is 12.6. The first-order chi connectivity index (χ1) is 14.3. The highest BCUT2D eigenvalue weighted by Gasteiger charge is 2.44. The van der Waals surface area contributed by atoms with Crippen LogP contribution in [0.4, 0.5) is 0 Å². The van der Waals surface area contributed by atoms with E-state index in [1.54, 1.807) is 26.2 Å². The van der Waals surface area contributed by atoms with Crippen LogP contribution in [0, 0.1) is 17.8 Å². The summed E-state index contributed by atoms with van der Waals surface area (Å²) in [7, 11) is 1.55. The Hall–Kier alpha value is -2.29. The van der Waals surface area contributed by atoms with E-state index < -0.39 is 11.6 Å². The molecule has 3 saturated heterocycles. The third-order valence-corrected chi connectivity index (χ3v) is 5.63. The lowest BCUT2D eigenvalue weighted by Crippen LogP contribution is -2.58. The van der Waals surface area contributed by atoms with Gasteiger partial charge in [-0.15, -0.1) is 6.58 Å². The van der Waals surface area contributed by atoms with Crippen LogP contribution in [0.5, 0.6) is 5.75 Å². The van der Waals surface area contributed by atoms with E-state index >= 15 is 0 Å². The van der Waals surface area contributed by atoms with Gasteiger partial charge in [0.15, 0.2) is 0 Å². The average molecular weight is 414 g/mol. The molecule has 1 aromatic carbocycles. The average Bonchev–Trinajstić information content (AvgIpc) is 2.72. The molecule has 0 spiro atoms. The summed E-state index contributed by atoms with van der Waals surface area (Å²) in [4.78, 5) is 14.8. The van der Waals surface area contributed by atoms with Gasteiger partial charge >= 0.3 is 5.97 Å². The van der Waals surface area contributed by atoms with Gasteiger partial charge in [0.1, 0.15) is 16.9 Å². The molecular formula is C25H35NO4. The topological polar surface area (TPSA) is 59.0 Å². The Kier molecular flexibility index (Phi) is 8.52. The molecule has 5 heteroatoms. The lowest BCUT2D eigenvalue weighted by Gasteiger charge is -2.47. The molecule has 0 radical (unpaired) electrons. The van der Waals surface area contributed by atoms with Gasteiger partial charge in [-0.1, -0.05) is 31.8 Å². The Balaban J connectivity index is 0.00000101. The van der Waals surface area contributed by atoms with Crippen molar-refractivity contribution in [3.63, 3.8) is 0 Å². The van der Waals surface area contributed by atoms with Gasteiger partial charge in [-0.2, -0.15) is 0 Å². The number of benzene rings is 1. The number of rotatable bonds is 4. The highest BCUT2D eigenvalue weighted by molar-refractivity contribution is 5.95. The number of hydrogen-bond acceptors (Lipinski definition) is 5. The number of carbonyl (C=O) groups excluding carboxylic acids is 1. The second-order valence-electron chi connectivity index (χ2n) is 8.11. The number of piperidine rings is 3. The number of fused-ring (bicyclic) bond motifs is 3.